The normalized spacial score (nSPS) is 45.7. The van der Waals surface area contributed by atoms with E-state index in [4.69, 9.17) is 0 Å². The molecule has 38 heavy (non-hydrogen) atoms. The van der Waals surface area contributed by atoms with E-state index < -0.39 is 12.1 Å². The number of rotatable bonds is 6. The summed E-state index contributed by atoms with van der Waals surface area (Å²) in [6, 6.07) is 0. The van der Waals surface area contributed by atoms with Crippen molar-refractivity contribution in [2.45, 2.75) is 129 Å². The Bertz CT molecular complexity index is 1000. The Morgan fingerprint density at radius 3 is 2.29 bits per heavy atom. The Labute approximate surface area is 243 Å². The molecule has 6 heteroatoms. The van der Waals surface area contributed by atoms with Crippen LogP contribution in [0.1, 0.15) is 107 Å². The second-order valence-electron chi connectivity index (χ2n) is 14.3. The lowest BCUT2D eigenvalue weighted by Crippen LogP contribution is -2.65. The van der Waals surface area contributed by atoms with Gasteiger partial charge in [-0.25, -0.2) is 4.79 Å². The lowest BCUT2D eigenvalue weighted by Gasteiger charge is -2.69. The fraction of sp³-hybridized carbons (Fsp3) is 0.844. The Balaban J connectivity index is 1.82. The van der Waals surface area contributed by atoms with Gasteiger partial charge in [0.2, 0.25) is 0 Å². The quantitative estimate of drug-likeness (QED) is 0.266. The fourth-order valence-corrected chi connectivity index (χ4v) is 11.7. The summed E-state index contributed by atoms with van der Waals surface area (Å²) in [4.78, 5) is 12.8. The van der Waals surface area contributed by atoms with Gasteiger partial charge in [-0.15, -0.1) is 0 Å². The molecule has 4 aliphatic carbocycles. The summed E-state index contributed by atoms with van der Waals surface area (Å²) < 4.78 is 1.08. The second-order valence-corrected chi connectivity index (χ2v) is 17.0. The van der Waals surface area contributed by atoms with Crippen molar-refractivity contribution in [3.8, 4) is 0 Å². The number of hydrogen-bond acceptors (Lipinski definition) is 4. The van der Waals surface area contributed by atoms with E-state index >= 15 is 0 Å². The van der Waals surface area contributed by atoms with Crippen LogP contribution in [-0.4, -0.2) is 44.0 Å². The zero-order chi connectivity index (χ0) is 28.4. The number of aliphatic hydroxyl groups excluding tert-OH is 2. The van der Waals surface area contributed by atoms with Crippen molar-refractivity contribution in [3.63, 3.8) is 0 Å². The number of thioether (sulfide) groups is 1. The van der Waals surface area contributed by atoms with Crippen molar-refractivity contribution in [2.75, 3.05) is 0 Å². The molecule has 4 unspecified atom stereocenters. The average Bonchev–Trinajstić information content (AvgIpc) is 3.08. The first-order valence-corrected chi connectivity index (χ1v) is 16.6. The molecule has 0 bridgehead atoms. The van der Waals surface area contributed by atoms with Crippen LogP contribution in [0.3, 0.4) is 0 Å². The molecule has 0 aromatic carbocycles. The first-order chi connectivity index (χ1) is 17.6. The maximum Gasteiger partial charge on any atom is 0.331 e. The summed E-state index contributed by atoms with van der Waals surface area (Å²) in [5.41, 5.74) is 2.73. The van der Waals surface area contributed by atoms with E-state index in [9.17, 15) is 20.1 Å². The van der Waals surface area contributed by atoms with Crippen LogP contribution in [0.4, 0.5) is 0 Å². The minimum atomic E-state index is -0.791. The largest absolute Gasteiger partial charge is 0.478 e. The molecule has 0 spiro atoms. The second kappa shape index (κ2) is 10.8. The van der Waals surface area contributed by atoms with Gasteiger partial charge in [0, 0.05) is 10.8 Å². The van der Waals surface area contributed by atoms with Crippen LogP contribution >= 0.6 is 27.7 Å². The predicted octanol–water partition coefficient (Wildman–Crippen LogP) is 7.97. The summed E-state index contributed by atoms with van der Waals surface area (Å²) in [6.07, 6.45) is 6.04. The molecule has 4 nitrogen and oxygen atoms in total. The molecule has 0 amide bonds. The highest BCUT2D eigenvalue weighted by Crippen LogP contribution is 2.75. The predicted molar refractivity (Wildman–Crippen MR) is 161 cm³/mol. The Morgan fingerprint density at radius 1 is 1.05 bits per heavy atom. The zero-order valence-electron chi connectivity index (χ0n) is 24.8. The first-order valence-electron chi connectivity index (χ1n) is 14.9. The van der Waals surface area contributed by atoms with Gasteiger partial charge in [-0.2, -0.15) is 11.8 Å². The number of allylic oxidation sites excluding steroid dienone is 2. The Morgan fingerprint density at radius 2 is 1.71 bits per heavy atom. The van der Waals surface area contributed by atoms with Crippen LogP contribution in [0.15, 0.2) is 21.2 Å². The van der Waals surface area contributed by atoms with Gasteiger partial charge in [-0.3, -0.25) is 0 Å². The first kappa shape index (κ1) is 30.7. The minimum absolute atomic E-state index is 0.00383. The highest BCUT2D eigenvalue weighted by molar-refractivity contribution is 9.11. The molecule has 0 aromatic rings. The number of fused-ring (bicyclic) bond motifs is 5. The van der Waals surface area contributed by atoms with Crippen LogP contribution < -0.4 is 0 Å². The smallest absolute Gasteiger partial charge is 0.331 e. The molecule has 3 N–H and O–H groups in total. The summed E-state index contributed by atoms with van der Waals surface area (Å²) >= 11 is 5.60. The zero-order valence-corrected chi connectivity index (χ0v) is 27.2. The van der Waals surface area contributed by atoms with Gasteiger partial charge in [0.15, 0.2) is 0 Å². The standard InChI is InChI=1S/C32H51BrO4S/c1-17(2)23(33)10-9-20(29(36)37)27-22-15-25(35)28-30(6)13-12-24(34)19(5)21(30)11-14-31(28,7)32(22,8)16-26(27)38-18(3)4/h18-19,21-22,24-26,28,34-35H,9-16H2,1-8H3,(H,36,37)/b27-20-/t19-,21?,22?,24+,25?,26-,28?,30-,31-,32-/m0/s1. The highest BCUT2D eigenvalue weighted by Gasteiger charge is 2.70. The van der Waals surface area contributed by atoms with E-state index in [1.165, 1.54) is 5.57 Å². The van der Waals surface area contributed by atoms with Crippen molar-refractivity contribution in [1.29, 1.82) is 0 Å². The number of carbonyl (C=O) groups is 1. The van der Waals surface area contributed by atoms with Crippen molar-refractivity contribution in [2.24, 2.45) is 39.9 Å². The van der Waals surface area contributed by atoms with Crippen molar-refractivity contribution >= 4 is 33.7 Å². The third-order valence-electron chi connectivity index (χ3n) is 11.9. The number of carboxylic acids is 1. The fourth-order valence-electron chi connectivity index (χ4n) is 9.91. The topological polar surface area (TPSA) is 77.8 Å². The summed E-state index contributed by atoms with van der Waals surface area (Å²) in [6.45, 7) is 18.0. The van der Waals surface area contributed by atoms with E-state index in [2.05, 4.69) is 71.3 Å². The average molecular weight is 612 g/mol. The van der Waals surface area contributed by atoms with Crippen molar-refractivity contribution in [3.05, 3.63) is 21.2 Å². The summed E-state index contributed by atoms with van der Waals surface area (Å²) in [7, 11) is 0. The number of aliphatic carboxylic acids is 1. The molecular weight excluding hydrogens is 560 g/mol. The van der Waals surface area contributed by atoms with E-state index in [-0.39, 0.29) is 45.4 Å². The Kier molecular flexibility index (Phi) is 8.74. The third kappa shape index (κ3) is 4.79. The Hall–Kier alpha value is -0.300. The van der Waals surface area contributed by atoms with E-state index in [0.29, 0.717) is 36.0 Å². The molecule has 216 valence electrons. The van der Waals surface area contributed by atoms with Gasteiger partial charge < -0.3 is 15.3 Å². The van der Waals surface area contributed by atoms with Gasteiger partial charge in [0.1, 0.15) is 0 Å². The molecule has 0 saturated heterocycles. The number of halogens is 1. The number of carboxylic acid groups (broad SMARTS) is 1. The molecular formula is C32H51BrO4S. The van der Waals surface area contributed by atoms with E-state index in [1.807, 2.05) is 11.8 Å². The van der Waals surface area contributed by atoms with Crippen LogP contribution in [0.2, 0.25) is 0 Å². The van der Waals surface area contributed by atoms with Gasteiger partial charge in [0.05, 0.1) is 12.2 Å². The van der Waals surface area contributed by atoms with Crippen LogP contribution in [0, 0.1) is 39.9 Å². The van der Waals surface area contributed by atoms with E-state index in [1.54, 1.807) is 0 Å². The van der Waals surface area contributed by atoms with Crippen molar-refractivity contribution < 1.29 is 20.1 Å². The summed E-state index contributed by atoms with van der Waals surface area (Å²) in [5.74, 6) is 0.138. The van der Waals surface area contributed by atoms with Crippen LogP contribution in [0.5, 0.6) is 0 Å². The minimum Gasteiger partial charge on any atom is -0.478 e. The lowest BCUT2D eigenvalue weighted by atomic mass is 9.36. The molecule has 0 radical (unpaired) electrons. The highest BCUT2D eigenvalue weighted by atomic mass is 79.9. The monoisotopic (exact) mass is 610 g/mol. The lowest BCUT2D eigenvalue weighted by molar-refractivity contribution is -0.233. The maximum absolute atomic E-state index is 12.8. The van der Waals surface area contributed by atoms with Crippen LogP contribution in [0.25, 0.3) is 0 Å². The van der Waals surface area contributed by atoms with Gasteiger partial charge >= 0.3 is 5.97 Å². The van der Waals surface area contributed by atoms with Gasteiger partial charge in [-0.05, 0) is 120 Å². The van der Waals surface area contributed by atoms with Crippen molar-refractivity contribution in [1.82, 2.24) is 0 Å². The molecule has 4 saturated carbocycles. The van der Waals surface area contributed by atoms with E-state index in [0.717, 1.165) is 42.2 Å². The molecule has 4 fully saturated rings. The SMILES string of the molecule is CC(C)=C(Br)CC/C(C(=O)O)=C1\C2CC(O)C3[C@@]4(C)CC[C@@H](O)[C@@H](C)C4CC[C@]3(C)[C@@]2(C)C[C@@H]1SC(C)C. The molecule has 0 aliphatic heterocycles. The third-order valence-corrected chi connectivity index (χ3v) is 14.4. The molecule has 4 aliphatic rings. The molecule has 0 heterocycles. The van der Waals surface area contributed by atoms with Gasteiger partial charge in [-0.1, -0.05) is 63.0 Å². The summed E-state index contributed by atoms with van der Waals surface area (Å²) in [5, 5.41) is 33.9. The van der Waals surface area contributed by atoms with Crippen LogP contribution in [-0.2, 0) is 4.79 Å². The molecule has 4 rings (SSSR count). The maximum atomic E-state index is 12.8. The molecule has 10 atom stereocenters. The number of hydrogen-bond donors (Lipinski definition) is 3. The molecule has 0 aromatic heterocycles. The number of aliphatic hydroxyl groups is 2. The van der Waals surface area contributed by atoms with Gasteiger partial charge in [0.25, 0.3) is 0 Å².